The van der Waals surface area contributed by atoms with Gasteiger partial charge >= 0.3 is 0 Å². The topological polar surface area (TPSA) is 57.2 Å². The van der Waals surface area contributed by atoms with Gasteiger partial charge in [0.05, 0.1) is 0 Å². The number of hydrogen-bond donors (Lipinski definition) is 1. The molecule has 2 fully saturated rings. The van der Waals surface area contributed by atoms with Crippen LogP contribution in [-0.4, -0.2) is 41.1 Å². The number of halogens is 2. The molecule has 0 aliphatic carbocycles. The molecule has 0 amide bonds. The van der Waals surface area contributed by atoms with Crippen LogP contribution >= 0.6 is 12.4 Å². The summed E-state index contributed by atoms with van der Waals surface area (Å²) < 4.78 is 13.2. The van der Waals surface area contributed by atoms with Gasteiger partial charge in [-0.1, -0.05) is 0 Å². The van der Waals surface area contributed by atoms with Gasteiger partial charge < -0.3 is 15.1 Å². The molecular weight excluding hydrogens is 367 g/mol. The highest BCUT2D eigenvalue weighted by Gasteiger charge is 2.20. The zero-order valence-electron chi connectivity index (χ0n) is 15.4. The number of anilines is 4. The molecular formula is C19H26ClFN6. The third-order valence-electron chi connectivity index (χ3n) is 4.99. The highest BCUT2D eigenvalue weighted by molar-refractivity contribution is 5.85. The fraction of sp³-hybridized carbons (Fsp3) is 0.526. The lowest BCUT2D eigenvalue weighted by Gasteiger charge is -2.30. The predicted molar refractivity (Wildman–Crippen MR) is 109 cm³/mol. The quantitative estimate of drug-likeness (QED) is 0.843. The number of nitrogens with one attached hydrogen (secondary N) is 1. The first kappa shape index (κ1) is 19.6. The molecule has 2 saturated heterocycles. The van der Waals surface area contributed by atoms with E-state index in [1.807, 2.05) is 0 Å². The van der Waals surface area contributed by atoms with E-state index in [-0.39, 0.29) is 18.2 Å². The highest BCUT2D eigenvalue weighted by atomic mass is 35.5. The maximum absolute atomic E-state index is 13.2. The second kappa shape index (κ2) is 9.17. The maximum Gasteiger partial charge on any atom is 0.233 e. The average molecular weight is 393 g/mol. The van der Waals surface area contributed by atoms with Crippen molar-refractivity contribution in [2.24, 2.45) is 0 Å². The summed E-state index contributed by atoms with van der Waals surface area (Å²) in [6.45, 7) is 3.94. The maximum atomic E-state index is 13.2. The third kappa shape index (κ3) is 4.97. The van der Waals surface area contributed by atoms with E-state index in [9.17, 15) is 4.39 Å². The van der Waals surface area contributed by atoms with Gasteiger partial charge in [-0.05, 0) is 62.8 Å². The zero-order valence-corrected chi connectivity index (χ0v) is 16.2. The molecule has 4 rings (SSSR count). The third-order valence-corrected chi connectivity index (χ3v) is 4.99. The van der Waals surface area contributed by atoms with E-state index in [2.05, 4.69) is 25.1 Å². The SMILES string of the molecule is Cl.Fc1ccc(Nc2nc(N3CCCCC3)nc(N3CCCCC3)n2)cc1. The Bertz CT molecular complexity index is 693. The molecule has 0 radical (unpaired) electrons. The molecule has 146 valence electrons. The lowest BCUT2D eigenvalue weighted by Crippen LogP contribution is -2.34. The molecule has 0 unspecified atom stereocenters. The number of rotatable bonds is 4. The lowest BCUT2D eigenvalue weighted by atomic mass is 10.1. The van der Waals surface area contributed by atoms with E-state index in [0.717, 1.165) is 43.8 Å². The molecule has 0 bridgehead atoms. The summed E-state index contributed by atoms with van der Waals surface area (Å²) in [7, 11) is 0. The highest BCUT2D eigenvalue weighted by Crippen LogP contribution is 2.24. The van der Waals surface area contributed by atoms with Crippen LogP contribution in [0.5, 0.6) is 0 Å². The Balaban J connectivity index is 0.00000210. The van der Waals surface area contributed by atoms with Crippen LogP contribution in [0.1, 0.15) is 38.5 Å². The molecule has 0 atom stereocenters. The number of piperidine rings is 2. The minimum absolute atomic E-state index is 0. The Morgan fingerprint density at radius 1 is 0.704 bits per heavy atom. The second-order valence-electron chi connectivity index (χ2n) is 6.99. The van der Waals surface area contributed by atoms with E-state index in [0.29, 0.717) is 5.95 Å². The molecule has 2 aliphatic rings. The second-order valence-corrected chi connectivity index (χ2v) is 6.99. The molecule has 0 spiro atoms. The molecule has 0 saturated carbocycles. The fourth-order valence-corrected chi connectivity index (χ4v) is 3.54. The van der Waals surface area contributed by atoms with Crippen LogP contribution in [0.15, 0.2) is 24.3 Å². The van der Waals surface area contributed by atoms with Crippen molar-refractivity contribution in [1.29, 1.82) is 0 Å². The van der Waals surface area contributed by atoms with Crippen LogP contribution in [0.3, 0.4) is 0 Å². The number of benzene rings is 1. The molecule has 6 nitrogen and oxygen atoms in total. The van der Waals surface area contributed by atoms with E-state index < -0.39 is 0 Å². The van der Waals surface area contributed by atoms with Crippen molar-refractivity contribution in [3.05, 3.63) is 30.1 Å². The van der Waals surface area contributed by atoms with E-state index >= 15 is 0 Å². The average Bonchev–Trinajstić information content (AvgIpc) is 2.71. The Morgan fingerprint density at radius 3 is 1.67 bits per heavy atom. The van der Waals surface area contributed by atoms with Crippen molar-refractivity contribution in [3.8, 4) is 0 Å². The normalized spacial score (nSPS) is 17.4. The summed E-state index contributed by atoms with van der Waals surface area (Å²) in [5.74, 6) is 1.75. The predicted octanol–water partition coefficient (Wildman–Crippen LogP) is 4.16. The largest absolute Gasteiger partial charge is 0.341 e. The Hall–Kier alpha value is -2.15. The van der Waals surface area contributed by atoms with E-state index in [1.165, 1.54) is 50.7 Å². The minimum atomic E-state index is -0.255. The molecule has 2 aromatic rings. The van der Waals surface area contributed by atoms with Crippen LogP contribution in [0.25, 0.3) is 0 Å². The van der Waals surface area contributed by atoms with Crippen LogP contribution in [0.2, 0.25) is 0 Å². The molecule has 27 heavy (non-hydrogen) atoms. The van der Waals surface area contributed by atoms with Crippen molar-refractivity contribution in [1.82, 2.24) is 15.0 Å². The summed E-state index contributed by atoms with van der Waals surface area (Å²) in [6, 6.07) is 6.25. The fourth-order valence-electron chi connectivity index (χ4n) is 3.54. The lowest BCUT2D eigenvalue weighted by molar-refractivity contribution is 0.556. The van der Waals surface area contributed by atoms with Gasteiger partial charge in [-0.2, -0.15) is 15.0 Å². The first-order chi connectivity index (χ1) is 12.8. The van der Waals surface area contributed by atoms with Gasteiger partial charge in [0, 0.05) is 31.9 Å². The first-order valence-corrected chi connectivity index (χ1v) is 9.56. The Kier molecular flexibility index (Phi) is 6.66. The summed E-state index contributed by atoms with van der Waals surface area (Å²) in [4.78, 5) is 18.5. The van der Waals surface area contributed by atoms with Crippen molar-refractivity contribution in [2.75, 3.05) is 41.3 Å². The molecule has 2 aliphatic heterocycles. The van der Waals surface area contributed by atoms with Gasteiger partial charge in [0.15, 0.2) is 0 Å². The summed E-state index contributed by atoms with van der Waals surface area (Å²) >= 11 is 0. The van der Waals surface area contributed by atoms with Crippen molar-refractivity contribution in [3.63, 3.8) is 0 Å². The summed E-state index contributed by atoms with van der Waals surface area (Å²) in [6.07, 6.45) is 7.22. The number of aromatic nitrogens is 3. The monoisotopic (exact) mass is 392 g/mol. The van der Waals surface area contributed by atoms with Gasteiger partial charge in [0.25, 0.3) is 0 Å². The number of hydrogen-bond acceptors (Lipinski definition) is 6. The van der Waals surface area contributed by atoms with Crippen LogP contribution in [-0.2, 0) is 0 Å². The van der Waals surface area contributed by atoms with E-state index in [4.69, 9.17) is 4.98 Å². The summed E-state index contributed by atoms with van der Waals surface area (Å²) in [5.41, 5.74) is 0.770. The van der Waals surface area contributed by atoms with Gasteiger partial charge in [0.2, 0.25) is 17.8 Å². The Labute approximate surface area is 165 Å². The summed E-state index contributed by atoms with van der Waals surface area (Å²) in [5, 5.41) is 3.21. The molecule has 1 aromatic heterocycles. The van der Waals surface area contributed by atoms with Crippen LogP contribution in [0, 0.1) is 5.82 Å². The van der Waals surface area contributed by atoms with Crippen LogP contribution < -0.4 is 15.1 Å². The zero-order chi connectivity index (χ0) is 17.8. The van der Waals surface area contributed by atoms with Gasteiger partial charge in [-0.15, -0.1) is 12.4 Å². The smallest absolute Gasteiger partial charge is 0.233 e. The Morgan fingerprint density at radius 2 is 1.19 bits per heavy atom. The molecule has 1 N–H and O–H groups in total. The molecule has 8 heteroatoms. The molecule has 1 aromatic carbocycles. The van der Waals surface area contributed by atoms with Crippen molar-refractivity contribution >= 4 is 35.9 Å². The van der Waals surface area contributed by atoms with Gasteiger partial charge in [-0.25, -0.2) is 4.39 Å². The van der Waals surface area contributed by atoms with Crippen molar-refractivity contribution in [2.45, 2.75) is 38.5 Å². The minimum Gasteiger partial charge on any atom is -0.341 e. The van der Waals surface area contributed by atoms with Gasteiger partial charge in [-0.3, -0.25) is 0 Å². The van der Waals surface area contributed by atoms with E-state index in [1.54, 1.807) is 12.1 Å². The van der Waals surface area contributed by atoms with Gasteiger partial charge in [0.1, 0.15) is 5.82 Å². The van der Waals surface area contributed by atoms with Crippen molar-refractivity contribution < 1.29 is 4.39 Å². The van der Waals surface area contributed by atoms with Crippen LogP contribution in [0.4, 0.5) is 27.9 Å². The molecule has 3 heterocycles. The standard InChI is InChI=1S/C19H25FN6.ClH/c20-15-7-9-16(10-8-15)21-17-22-18(25-11-3-1-4-12-25)24-19(23-17)26-13-5-2-6-14-26;/h7-10H,1-6,11-14H2,(H,21,22,23,24);1H. The number of nitrogens with zero attached hydrogens (tertiary/aromatic N) is 5. The first-order valence-electron chi connectivity index (χ1n) is 9.56.